The molecule has 20 heavy (non-hydrogen) atoms. The topological polar surface area (TPSA) is 15.3 Å². The van der Waals surface area contributed by atoms with Crippen LogP contribution in [0.1, 0.15) is 25.3 Å². The highest BCUT2D eigenvalue weighted by molar-refractivity contribution is 5.19. The minimum absolute atomic E-state index is 0.346. The van der Waals surface area contributed by atoms with Gasteiger partial charge in [0.25, 0.3) is 0 Å². The van der Waals surface area contributed by atoms with Gasteiger partial charge in [0.15, 0.2) is 17.5 Å². The fraction of sp³-hybridized carbons (Fsp3) is 0.600. The second-order valence-corrected chi connectivity index (χ2v) is 5.57. The molecule has 112 valence electrons. The molecule has 0 amide bonds. The van der Waals surface area contributed by atoms with E-state index in [4.69, 9.17) is 0 Å². The van der Waals surface area contributed by atoms with Crippen LogP contribution in [0.2, 0.25) is 0 Å². The first kappa shape index (κ1) is 15.3. The van der Waals surface area contributed by atoms with Gasteiger partial charge in [-0.05, 0) is 49.5 Å². The second kappa shape index (κ2) is 7.09. The molecule has 1 N–H and O–H groups in total. The van der Waals surface area contributed by atoms with E-state index in [-0.39, 0.29) is 0 Å². The molecular weight excluding hydrogens is 265 g/mol. The summed E-state index contributed by atoms with van der Waals surface area (Å²) >= 11 is 0. The van der Waals surface area contributed by atoms with Gasteiger partial charge < -0.3 is 10.2 Å². The van der Waals surface area contributed by atoms with Crippen LogP contribution in [0.25, 0.3) is 0 Å². The number of benzene rings is 1. The molecule has 0 bridgehead atoms. The molecule has 0 radical (unpaired) electrons. The molecule has 1 fully saturated rings. The Morgan fingerprint density at radius 2 is 1.75 bits per heavy atom. The number of hydrogen-bond donors (Lipinski definition) is 1. The maximum Gasteiger partial charge on any atom is 0.194 e. The van der Waals surface area contributed by atoms with Crippen LogP contribution in [-0.4, -0.2) is 31.1 Å². The van der Waals surface area contributed by atoms with Crippen LogP contribution in [0.5, 0.6) is 0 Å². The van der Waals surface area contributed by atoms with Crippen molar-refractivity contribution >= 4 is 0 Å². The molecule has 2 nitrogen and oxygen atoms in total. The lowest BCUT2D eigenvalue weighted by molar-refractivity contribution is 0.193. The number of rotatable bonds is 5. The van der Waals surface area contributed by atoms with E-state index in [1.165, 1.54) is 12.8 Å². The molecule has 0 spiro atoms. The van der Waals surface area contributed by atoms with Gasteiger partial charge in [-0.2, -0.15) is 0 Å². The molecule has 1 aliphatic rings. The van der Waals surface area contributed by atoms with Crippen LogP contribution in [0.4, 0.5) is 13.2 Å². The first-order valence-electron chi connectivity index (χ1n) is 7.12. The predicted molar refractivity (Wildman–Crippen MR) is 72.9 cm³/mol. The number of likely N-dealkylation sites (tertiary alicyclic amines) is 1. The number of nitrogens with one attached hydrogen (secondary N) is 1. The van der Waals surface area contributed by atoms with Crippen LogP contribution in [0.3, 0.4) is 0 Å². The van der Waals surface area contributed by atoms with Crippen molar-refractivity contribution in [1.29, 1.82) is 0 Å². The standard InChI is InChI=1S/C15H21F3N2/c1-11-2-5-20(6-3-11)7-4-19-10-12-8-13(16)15(18)14(17)9-12/h8-9,11,19H,2-7,10H2,1H3. The smallest absolute Gasteiger partial charge is 0.194 e. The summed E-state index contributed by atoms with van der Waals surface area (Å²) in [7, 11) is 0. The molecule has 5 heteroatoms. The molecule has 0 aromatic heterocycles. The Balaban J connectivity index is 1.71. The number of piperidine rings is 1. The fourth-order valence-electron chi connectivity index (χ4n) is 2.47. The molecule has 0 atom stereocenters. The van der Waals surface area contributed by atoms with Crippen LogP contribution < -0.4 is 5.32 Å². The second-order valence-electron chi connectivity index (χ2n) is 5.57. The summed E-state index contributed by atoms with van der Waals surface area (Å²) in [6.07, 6.45) is 2.46. The molecule has 0 unspecified atom stereocenters. The van der Waals surface area contributed by atoms with Crippen molar-refractivity contribution in [1.82, 2.24) is 10.2 Å². The Hall–Kier alpha value is -1.07. The SMILES string of the molecule is CC1CCN(CCNCc2cc(F)c(F)c(F)c2)CC1. The zero-order chi connectivity index (χ0) is 14.5. The summed E-state index contributed by atoms with van der Waals surface area (Å²) in [4.78, 5) is 2.39. The van der Waals surface area contributed by atoms with E-state index >= 15 is 0 Å². The highest BCUT2D eigenvalue weighted by Crippen LogP contribution is 2.15. The molecule has 2 rings (SSSR count). The van der Waals surface area contributed by atoms with E-state index in [0.29, 0.717) is 12.1 Å². The van der Waals surface area contributed by atoms with Gasteiger partial charge in [-0.25, -0.2) is 13.2 Å². The predicted octanol–water partition coefficient (Wildman–Crippen LogP) is 2.93. The molecule has 1 saturated heterocycles. The Labute approximate surface area is 118 Å². The van der Waals surface area contributed by atoms with Crippen molar-refractivity contribution in [2.24, 2.45) is 5.92 Å². The maximum atomic E-state index is 13.0. The van der Waals surface area contributed by atoms with Gasteiger partial charge in [-0.1, -0.05) is 6.92 Å². The van der Waals surface area contributed by atoms with Crippen molar-refractivity contribution in [3.8, 4) is 0 Å². The maximum absolute atomic E-state index is 13.0. The van der Waals surface area contributed by atoms with Crippen molar-refractivity contribution in [3.63, 3.8) is 0 Å². The Kier molecular flexibility index (Phi) is 5.43. The lowest BCUT2D eigenvalue weighted by Gasteiger charge is -2.30. The summed E-state index contributed by atoms with van der Waals surface area (Å²) in [5, 5.41) is 3.14. The van der Waals surface area contributed by atoms with E-state index in [0.717, 1.165) is 44.2 Å². The minimum atomic E-state index is -1.41. The summed E-state index contributed by atoms with van der Waals surface area (Å²) in [6, 6.07) is 2.07. The normalized spacial score (nSPS) is 17.6. The molecule has 1 aromatic rings. The van der Waals surface area contributed by atoms with Crippen molar-refractivity contribution in [3.05, 3.63) is 35.1 Å². The average Bonchev–Trinajstić information content (AvgIpc) is 2.43. The Morgan fingerprint density at radius 3 is 2.35 bits per heavy atom. The quantitative estimate of drug-likeness (QED) is 0.661. The number of hydrogen-bond acceptors (Lipinski definition) is 2. The Morgan fingerprint density at radius 1 is 1.15 bits per heavy atom. The minimum Gasteiger partial charge on any atom is -0.311 e. The number of nitrogens with zero attached hydrogens (tertiary/aromatic N) is 1. The van der Waals surface area contributed by atoms with Gasteiger partial charge in [0.1, 0.15) is 0 Å². The van der Waals surface area contributed by atoms with Gasteiger partial charge in [-0.15, -0.1) is 0 Å². The van der Waals surface area contributed by atoms with E-state index in [1.54, 1.807) is 0 Å². The van der Waals surface area contributed by atoms with E-state index < -0.39 is 17.5 Å². The van der Waals surface area contributed by atoms with Crippen molar-refractivity contribution in [2.45, 2.75) is 26.3 Å². The van der Waals surface area contributed by atoms with Crippen molar-refractivity contribution < 1.29 is 13.2 Å². The van der Waals surface area contributed by atoms with Crippen LogP contribution >= 0.6 is 0 Å². The third kappa shape index (κ3) is 4.21. The molecule has 1 aliphatic heterocycles. The first-order chi connectivity index (χ1) is 9.56. The van der Waals surface area contributed by atoms with Crippen LogP contribution in [-0.2, 0) is 6.54 Å². The molecule has 1 heterocycles. The zero-order valence-electron chi connectivity index (χ0n) is 11.8. The molecule has 0 saturated carbocycles. The van der Waals surface area contributed by atoms with Gasteiger partial charge in [0.2, 0.25) is 0 Å². The monoisotopic (exact) mass is 286 g/mol. The average molecular weight is 286 g/mol. The highest BCUT2D eigenvalue weighted by Gasteiger charge is 2.15. The van der Waals surface area contributed by atoms with Gasteiger partial charge in [0, 0.05) is 19.6 Å². The lowest BCUT2D eigenvalue weighted by atomic mass is 9.99. The van der Waals surface area contributed by atoms with Gasteiger partial charge >= 0.3 is 0 Å². The van der Waals surface area contributed by atoms with Crippen LogP contribution in [0.15, 0.2) is 12.1 Å². The molecular formula is C15H21F3N2. The summed E-state index contributed by atoms with van der Waals surface area (Å²) < 4.78 is 38.8. The summed E-state index contributed by atoms with van der Waals surface area (Å²) in [5.74, 6) is -2.86. The Bertz CT molecular complexity index is 420. The summed E-state index contributed by atoms with van der Waals surface area (Å²) in [5.41, 5.74) is 0.425. The lowest BCUT2D eigenvalue weighted by Crippen LogP contribution is -2.37. The van der Waals surface area contributed by atoms with E-state index in [1.807, 2.05) is 0 Å². The van der Waals surface area contributed by atoms with E-state index in [9.17, 15) is 13.2 Å². The molecule has 1 aromatic carbocycles. The van der Waals surface area contributed by atoms with Gasteiger partial charge in [-0.3, -0.25) is 0 Å². The zero-order valence-corrected chi connectivity index (χ0v) is 11.8. The largest absolute Gasteiger partial charge is 0.311 e. The fourth-order valence-corrected chi connectivity index (χ4v) is 2.47. The first-order valence-corrected chi connectivity index (χ1v) is 7.12. The van der Waals surface area contributed by atoms with E-state index in [2.05, 4.69) is 17.1 Å². The van der Waals surface area contributed by atoms with Crippen molar-refractivity contribution in [2.75, 3.05) is 26.2 Å². The third-order valence-electron chi connectivity index (χ3n) is 3.85. The number of halogens is 3. The highest BCUT2D eigenvalue weighted by atomic mass is 19.2. The summed E-state index contributed by atoms with van der Waals surface area (Å²) in [6.45, 7) is 6.53. The van der Waals surface area contributed by atoms with Crippen LogP contribution in [0, 0.1) is 23.4 Å². The third-order valence-corrected chi connectivity index (χ3v) is 3.85. The molecule has 0 aliphatic carbocycles. The van der Waals surface area contributed by atoms with Gasteiger partial charge in [0.05, 0.1) is 0 Å².